The van der Waals surface area contributed by atoms with E-state index in [-0.39, 0.29) is 5.91 Å². The second kappa shape index (κ2) is 8.34. The Hall–Kier alpha value is -2.14. The van der Waals surface area contributed by atoms with Crippen molar-refractivity contribution in [2.75, 3.05) is 6.61 Å². The van der Waals surface area contributed by atoms with Crippen LogP contribution in [0, 0.1) is 0 Å². The summed E-state index contributed by atoms with van der Waals surface area (Å²) in [5.41, 5.74) is 3.94. The number of hydrazone groups is 1. The summed E-state index contributed by atoms with van der Waals surface area (Å²) in [5, 5.41) is 3.96. The summed E-state index contributed by atoms with van der Waals surface area (Å²) in [7, 11) is 0. The lowest BCUT2D eigenvalue weighted by atomic mass is 10.2. The molecule has 1 amide bonds. The van der Waals surface area contributed by atoms with Crippen molar-refractivity contribution in [2.45, 2.75) is 13.3 Å². The number of nitrogens with one attached hydrogen (secondary N) is 1. The molecule has 0 aromatic heterocycles. The first-order valence-corrected chi connectivity index (χ1v) is 7.81. The van der Waals surface area contributed by atoms with Crippen LogP contribution in [0.5, 0.6) is 5.75 Å². The lowest BCUT2D eigenvalue weighted by molar-refractivity contribution is 0.0955. The fraction of sp³-hybridized carbons (Fsp3) is 0.176. The molecule has 0 fully saturated rings. The lowest BCUT2D eigenvalue weighted by Gasteiger charge is -2.05. The average Bonchev–Trinajstić information content (AvgIpc) is 2.55. The Balaban J connectivity index is 1.93. The zero-order valence-electron chi connectivity index (χ0n) is 12.3. The highest BCUT2D eigenvalue weighted by Gasteiger charge is 2.04. The molecular formula is C17H17BrN2O2. The van der Waals surface area contributed by atoms with Crippen molar-refractivity contribution in [2.24, 2.45) is 5.10 Å². The van der Waals surface area contributed by atoms with Gasteiger partial charge in [-0.2, -0.15) is 5.10 Å². The number of carbonyl (C=O) groups excluding carboxylic acids is 1. The van der Waals surface area contributed by atoms with E-state index < -0.39 is 0 Å². The molecule has 0 saturated carbocycles. The van der Waals surface area contributed by atoms with Crippen LogP contribution in [0.25, 0.3) is 0 Å². The Morgan fingerprint density at radius 1 is 1.23 bits per heavy atom. The van der Waals surface area contributed by atoms with E-state index in [1.165, 1.54) is 0 Å². The molecule has 2 aromatic carbocycles. The number of nitrogens with zero attached hydrogens (tertiary/aromatic N) is 1. The molecule has 0 spiro atoms. The highest BCUT2D eigenvalue weighted by atomic mass is 79.9. The molecule has 0 aliphatic rings. The van der Waals surface area contributed by atoms with E-state index in [4.69, 9.17) is 4.74 Å². The van der Waals surface area contributed by atoms with Gasteiger partial charge in [0.15, 0.2) is 0 Å². The largest absolute Gasteiger partial charge is 0.494 e. The third-order valence-corrected chi connectivity index (χ3v) is 3.59. The minimum atomic E-state index is -0.259. The van der Waals surface area contributed by atoms with Crippen molar-refractivity contribution in [3.8, 4) is 5.75 Å². The van der Waals surface area contributed by atoms with E-state index in [2.05, 4.69) is 26.5 Å². The number of amides is 1. The number of carbonyl (C=O) groups is 1. The van der Waals surface area contributed by atoms with Crippen LogP contribution in [-0.4, -0.2) is 18.7 Å². The quantitative estimate of drug-likeness (QED) is 0.625. The fourth-order valence-electron chi connectivity index (χ4n) is 1.73. The molecule has 5 heteroatoms. The maximum absolute atomic E-state index is 12.0. The molecule has 22 heavy (non-hydrogen) atoms. The van der Waals surface area contributed by atoms with Gasteiger partial charge in [-0.3, -0.25) is 4.79 Å². The van der Waals surface area contributed by atoms with Gasteiger partial charge in [-0.15, -0.1) is 0 Å². The van der Waals surface area contributed by atoms with E-state index >= 15 is 0 Å². The van der Waals surface area contributed by atoms with Crippen molar-refractivity contribution < 1.29 is 9.53 Å². The van der Waals surface area contributed by atoms with Gasteiger partial charge in [-0.1, -0.05) is 41.1 Å². The van der Waals surface area contributed by atoms with Crippen molar-refractivity contribution >= 4 is 28.1 Å². The maximum Gasteiger partial charge on any atom is 0.271 e. The molecule has 0 bridgehead atoms. The van der Waals surface area contributed by atoms with E-state index in [9.17, 15) is 4.79 Å². The number of hydrogen-bond acceptors (Lipinski definition) is 3. The third-order valence-electron chi connectivity index (χ3n) is 2.86. The molecule has 0 aliphatic heterocycles. The first-order chi connectivity index (χ1) is 10.7. The summed E-state index contributed by atoms with van der Waals surface area (Å²) < 4.78 is 6.40. The molecule has 0 atom stereocenters. The Kier molecular flexibility index (Phi) is 6.15. The molecule has 0 radical (unpaired) electrons. The van der Waals surface area contributed by atoms with Crippen LogP contribution < -0.4 is 10.2 Å². The van der Waals surface area contributed by atoms with Gasteiger partial charge in [0.05, 0.1) is 12.8 Å². The second-order valence-electron chi connectivity index (χ2n) is 4.59. The predicted molar refractivity (Wildman–Crippen MR) is 91.4 cm³/mol. The van der Waals surface area contributed by atoms with Crippen molar-refractivity contribution in [1.82, 2.24) is 5.43 Å². The van der Waals surface area contributed by atoms with Crippen LogP contribution in [0.15, 0.2) is 58.1 Å². The molecule has 114 valence electrons. The Labute approximate surface area is 138 Å². The smallest absolute Gasteiger partial charge is 0.271 e. The van der Waals surface area contributed by atoms with Gasteiger partial charge in [0, 0.05) is 15.6 Å². The Morgan fingerprint density at radius 2 is 1.95 bits per heavy atom. The number of rotatable bonds is 6. The minimum Gasteiger partial charge on any atom is -0.494 e. The van der Waals surface area contributed by atoms with Gasteiger partial charge in [-0.25, -0.2) is 5.43 Å². The Bertz CT molecular complexity index is 654. The van der Waals surface area contributed by atoms with Crippen molar-refractivity contribution in [3.63, 3.8) is 0 Å². The van der Waals surface area contributed by atoms with Crippen molar-refractivity contribution in [1.29, 1.82) is 0 Å². The van der Waals surface area contributed by atoms with Crippen LogP contribution in [0.3, 0.4) is 0 Å². The van der Waals surface area contributed by atoms with Gasteiger partial charge in [0.1, 0.15) is 5.75 Å². The van der Waals surface area contributed by atoms with E-state index in [0.717, 1.165) is 22.2 Å². The molecule has 2 rings (SSSR count). The van der Waals surface area contributed by atoms with Crippen LogP contribution in [0.4, 0.5) is 0 Å². The Morgan fingerprint density at radius 3 is 2.64 bits per heavy atom. The molecule has 0 saturated heterocycles. The SMILES string of the molecule is CCCOc1ccc(C(=O)N/N=C\c2ccccc2Br)cc1. The van der Waals surface area contributed by atoms with Gasteiger partial charge in [-0.05, 0) is 36.8 Å². The monoisotopic (exact) mass is 360 g/mol. The highest BCUT2D eigenvalue weighted by Crippen LogP contribution is 2.14. The summed E-state index contributed by atoms with van der Waals surface area (Å²) >= 11 is 3.42. The molecular weight excluding hydrogens is 344 g/mol. The van der Waals surface area contributed by atoms with E-state index in [0.29, 0.717) is 12.2 Å². The van der Waals surface area contributed by atoms with Crippen LogP contribution >= 0.6 is 15.9 Å². The zero-order chi connectivity index (χ0) is 15.8. The molecule has 2 aromatic rings. The molecule has 4 nitrogen and oxygen atoms in total. The fourth-order valence-corrected chi connectivity index (χ4v) is 2.11. The summed E-state index contributed by atoms with van der Waals surface area (Å²) in [5.74, 6) is 0.500. The van der Waals surface area contributed by atoms with Gasteiger partial charge in [0.25, 0.3) is 5.91 Å². The first kappa shape index (κ1) is 16.2. The molecule has 1 N–H and O–H groups in total. The van der Waals surface area contributed by atoms with Gasteiger partial charge in [0.2, 0.25) is 0 Å². The lowest BCUT2D eigenvalue weighted by Crippen LogP contribution is -2.17. The maximum atomic E-state index is 12.0. The average molecular weight is 361 g/mol. The van der Waals surface area contributed by atoms with Crippen LogP contribution in [0.2, 0.25) is 0 Å². The zero-order valence-corrected chi connectivity index (χ0v) is 13.8. The standard InChI is InChI=1S/C17H17BrN2O2/c1-2-11-22-15-9-7-13(8-10-15)17(21)20-19-12-14-5-3-4-6-16(14)18/h3-10,12H,2,11H2,1H3,(H,20,21)/b19-12-. The summed E-state index contributed by atoms with van der Waals surface area (Å²) in [4.78, 5) is 12.0. The third kappa shape index (κ3) is 4.70. The van der Waals surface area contributed by atoms with Crippen LogP contribution in [-0.2, 0) is 0 Å². The van der Waals surface area contributed by atoms with Crippen LogP contribution in [0.1, 0.15) is 29.3 Å². The first-order valence-electron chi connectivity index (χ1n) is 7.01. The highest BCUT2D eigenvalue weighted by molar-refractivity contribution is 9.10. The normalized spacial score (nSPS) is 10.6. The summed E-state index contributed by atoms with van der Waals surface area (Å²) in [6, 6.07) is 14.6. The number of hydrogen-bond donors (Lipinski definition) is 1. The van der Waals surface area contributed by atoms with Gasteiger partial charge >= 0.3 is 0 Å². The number of benzene rings is 2. The number of halogens is 1. The molecule has 0 heterocycles. The molecule has 0 aliphatic carbocycles. The topological polar surface area (TPSA) is 50.7 Å². The number of ether oxygens (including phenoxy) is 1. The molecule has 0 unspecified atom stereocenters. The summed E-state index contributed by atoms with van der Waals surface area (Å²) in [6.07, 6.45) is 2.55. The van der Waals surface area contributed by atoms with E-state index in [1.54, 1.807) is 30.5 Å². The van der Waals surface area contributed by atoms with Gasteiger partial charge < -0.3 is 4.74 Å². The second-order valence-corrected chi connectivity index (χ2v) is 5.45. The predicted octanol–water partition coefficient (Wildman–Crippen LogP) is 4.00. The van der Waals surface area contributed by atoms with Crippen molar-refractivity contribution in [3.05, 3.63) is 64.1 Å². The van der Waals surface area contributed by atoms with E-state index in [1.807, 2.05) is 31.2 Å². The summed E-state index contributed by atoms with van der Waals surface area (Å²) in [6.45, 7) is 2.71. The minimum absolute atomic E-state index is 0.259.